The van der Waals surface area contributed by atoms with Crippen molar-refractivity contribution < 1.29 is 9.90 Å². The van der Waals surface area contributed by atoms with Crippen molar-refractivity contribution >= 4 is 11.6 Å². The molecule has 4 heteroatoms. The van der Waals surface area contributed by atoms with Crippen LogP contribution < -0.4 is 4.90 Å². The Morgan fingerprint density at radius 2 is 2.05 bits per heavy atom. The van der Waals surface area contributed by atoms with Crippen molar-refractivity contribution in [3.63, 3.8) is 0 Å². The Bertz CT molecular complexity index is 469. The van der Waals surface area contributed by atoms with E-state index in [2.05, 4.69) is 17.0 Å². The van der Waals surface area contributed by atoms with E-state index in [0.29, 0.717) is 6.54 Å². The van der Waals surface area contributed by atoms with Gasteiger partial charge < -0.3 is 10.0 Å². The van der Waals surface area contributed by atoms with Gasteiger partial charge in [0, 0.05) is 12.2 Å². The first-order chi connectivity index (χ1) is 9.22. The SMILES string of the molecule is O=C1CC(O)CN1c1cccc(CN2CCCC2)c1. The van der Waals surface area contributed by atoms with Crippen molar-refractivity contribution in [1.29, 1.82) is 0 Å². The average Bonchev–Trinajstić information content (AvgIpc) is 2.99. The molecule has 1 unspecified atom stereocenters. The summed E-state index contributed by atoms with van der Waals surface area (Å²) in [7, 11) is 0. The molecule has 3 rings (SSSR count). The molecule has 1 atom stereocenters. The number of rotatable bonds is 3. The van der Waals surface area contributed by atoms with E-state index in [1.54, 1.807) is 4.90 Å². The van der Waals surface area contributed by atoms with Crippen LogP contribution >= 0.6 is 0 Å². The standard InChI is InChI=1S/C15H20N2O2/c18-14-9-15(19)17(11-14)13-5-3-4-12(8-13)10-16-6-1-2-7-16/h3-5,8,14,18H,1-2,6-7,9-11H2. The van der Waals surface area contributed by atoms with Gasteiger partial charge in [-0.2, -0.15) is 0 Å². The third-order valence-corrected chi connectivity index (χ3v) is 3.93. The fourth-order valence-electron chi connectivity index (χ4n) is 2.96. The number of amides is 1. The molecule has 0 saturated carbocycles. The molecule has 1 aromatic rings. The van der Waals surface area contributed by atoms with Gasteiger partial charge >= 0.3 is 0 Å². The number of anilines is 1. The van der Waals surface area contributed by atoms with Gasteiger partial charge in [-0.05, 0) is 43.6 Å². The topological polar surface area (TPSA) is 43.8 Å². The van der Waals surface area contributed by atoms with Crippen molar-refractivity contribution in [1.82, 2.24) is 4.90 Å². The third kappa shape index (κ3) is 2.80. The molecular weight excluding hydrogens is 240 g/mol. The molecule has 2 heterocycles. The highest BCUT2D eigenvalue weighted by atomic mass is 16.3. The van der Waals surface area contributed by atoms with Gasteiger partial charge in [-0.3, -0.25) is 9.69 Å². The Labute approximate surface area is 113 Å². The van der Waals surface area contributed by atoms with Crippen LogP contribution in [0.3, 0.4) is 0 Å². The lowest BCUT2D eigenvalue weighted by atomic mass is 10.2. The predicted molar refractivity (Wildman–Crippen MR) is 73.9 cm³/mol. The zero-order chi connectivity index (χ0) is 13.2. The van der Waals surface area contributed by atoms with Crippen LogP contribution in [0.4, 0.5) is 5.69 Å². The molecule has 0 bridgehead atoms. The molecule has 0 aromatic heterocycles. The monoisotopic (exact) mass is 260 g/mol. The van der Waals surface area contributed by atoms with Gasteiger partial charge in [0.2, 0.25) is 5.91 Å². The van der Waals surface area contributed by atoms with Crippen molar-refractivity contribution in [3.8, 4) is 0 Å². The molecule has 0 radical (unpaired) electrons. The van der Waals surface area contributed by atoms with Crippen molar-refractivity contribution in [2.75, 3.05) is 24.5 Å². The lowest BCUT2D eigenvalue weighted by molar-refractivity contribution is -0.117. The lowest BCUT2D eigenvalue weighted by Crippen LogP contribution is -2.25. The van der Waals surface area contributed by atoms with Gasteiger partial charge in [0.25, 0.3) is 0 Å². The quantitative estimate of drug-likeness (QED) is 0.893. The molecule has 4 nitrogen and oxygen atoms in total. The molecule has 0 spiro atoms. The van der Waals surface area contributed by atoms with E-state index in [1.165, 1.54) is 31.5 Å². The van der Waals surface area contributed by atoms with Gasteiger partial charge in [0.1, 0.15) is 0 Å². The van der Waals surface area contributed by atoms with Crippen molar-refractivity contribution in [3.05, 3.63) is 29.8 Å². The van der Waals surface area contributed by atoms with Crippen molar-refractivity contribution in [2.24, 2.45) is 0 Å². The summed E-state index contributed by atoms with van der Waals surface area (Å²) in [6.45, 7) is 3.72. The second-order valence-electron chi connectivity index (χ2n) is 5.52. The Hall–Kier alpha value is -1.39. The van der Waals surface area contributed by atoms with Gasteiger partial charge in [0.15, 0.2) is 0 Å². The average molecular weight is 260 g/mol. The molecule has 2 aliphatic heterocycles. The number of carbonyl (C=O) groups excluding carboxylic acids is 1. The second kappa shape index (κ2) is 5.31. The van der Waals surface area contributed by atoms with E-state index in [1.807, 2.05) is 12.1 Å². The fourth-order valence-corrected chi connectivity index (χ4v) is 2.96. The van der Waals surface area contributed by atoms with Crippen LogP contribution in [0.25, 0.3) is 0 Å². The maximum atomic E-state index is 11.8. The first kappa shape index (κ1) is 12.6. The van der Waals surface area contributed by atoms with E-state index in [4.69, 9.17) is 0 Å². The smallest absolute Gasteiger partial charge is 0.229 e. The van der Waals surface area contributed by atoms with Gasteiger partial charge in [-0.15, -0.1) is 0 Å². The highest BCUT2D eigenvalue weighted by Gasteiger charge is 2.29. The molecular formula is C15H20N2O2. The summed E-state index contributed by atoms with van der Waals surface area (Å²) in [4.78, 5) is 15.9. The fraction of sp³-hybridized carbons (Fsp3) is 0.533. The molecule has 2 fully saturated rings. The first-order valence-corrected chi connectivity index (χ1v) is 7.02. The molecule has 1 amide bonds. The highest BCUT2D eigenvalue weighted by molar-refractivity contribution is 5.96. The highest BCUT2D eigenvalue weighted by Crippen LogP contribution is 2.23. The van der Waals surface area contributed by atoms with Gasteiger partial charge in [0.05, 0.1) is 19.1 Å². The Morgan fingerprint density at radius 1 is 1.26 bits per heavy atom. The van der Waals surface area contributed by atoms with Crippen LogP contribution in [-0.4, -0.2) is 41.7 Å². The van der Waals surface area contributed by atoms with Crippen LogP contribution in [0, 0.1) is 0 Å². The zero-order valence-electron chi connectivity index (χ0n) is 11.1. The number of hydrogen-bond acceptors (Lipinski definition) is 3. The third-order valence-electron chi connectivity index (χ3n) is 3.93. The number of aliphatic hydroxyl groups is 1. The van der Waals surface area contributed by atoms with Gasteiger partial charge in [-0.25, -0.2) is 0 Å². The maximum absolute atomic E-state index is 11.8. The Balaban J connectivity index is 1.74. The molecule has 19 heavy (non-hydrogen) atoms. The van der Waals surface area contributed by atoms with E-state index in [0.717, 1.165) is 12.2 Å². The number of β-amino-alcohol motifs (C(OH)–C–C–N with tert-alkyl or cyclic N) is 1. The van der Waals surface area contributed by atoms with Crippen LogP contribution in [-0.2, 0) is 11.3 Å². The number of benzene rings is 1. The molecule has 1 aromatic carbocycles. The second-order valence-corrected chi connectivity index (χ2v) is 5.52. The van der Waals surface area contributed by atoms with E-state index < -0.39 is 6.10 Å². The van der Waals surface area contributed by atoms with Gasteiger partial charge in [-0.1, -0.05) is 12.1 Å². The molecule has 102 valence electrons. The molecule has 2 aliphatic rings. The van der Waals surface area contributed by atoms with E-state index in [9.17, 15) is 9.90 Å². The summed E-state index contributed by atoms with van der Waals surface area (Å²) >= 11 is 0. The minimum atomic E-state index is -0.519. The van der Waals surface area contributed by atoms with Crippen molar-refractivity contribution in [2.45, 2.75) is 31.9 Å². The lowest BCUT2D eigenvalue weighted by Gasteiger charge is -2.19. The summed E-state index contributed by atoms with van der Waals surface area (Å²) in [6, 6.07) is 8.13. The number of nitrogens with zero attached hydrogens (tertiary/aromatic N) is 2. The largest absolute Gasteiger partial charge is 0.391 e. The maximum Gasteiger partial charge on any atom is 0.229 e. The zero-order valence-corrected chi connectivity index (χ0v) is 11.1. The summed E-state index contributed by atoms with van der Waals surface area (Å²) in [5.41, 5.74) is 2.16. The Morgan fingerprint density at radius 3 is 2.74 bits per heavy atom. The van der Waals surface area contributed by atoms with Crippen LogP contribution in [0.2, 0.25) is 0 Å². The molecule has 0 aliphatic carbocycles. The normalized spacial score (nSPS) is 24.4. The van der Waals surface area contributed by atoms with Crippen LogP contribution in [0.15, 0.2) is 24.3 Å². The van der Waals surface area contributed by atoms with Crippen LogP contribution in [0.5, 0.6) is 0 Å². The number of hydrogen-bond donors (Lipinski definition) is 1. The number of likely N-dealkylation sites (tertiary alicyclic amines) is 1. The van der Waals surface area contributed by atoms with E-state index >= 15 is 0 Å². The summed E-state index contributed by atoms with van der Waals surface area (Å²) in [6.07, 6.45) is 2.30. The molecule has 2 saturated heterocycles. The predicted octanol–water partition coefficient (Wildman–Crippen LogP) is 1.38. The van der Waals surface area contributed by atoms with E-state index in [-0.39, 0.29) is 12.3 Å². The summed E-state index contributed by atoms with van der Waals surface area (Å²) in [5.74, 6) is 0.0193. The van der Waals surface area contributed by atoms with Crippen LogP contribution in [0.1, 0.15) is 24.8 Å². The number of aliphatic hydroxyl groups excluding tert-OH is 1. The summed E-state index contributed by atoms with van der Waals surface area (Å²) in [5, 5.41) is 9.56. The number of carbonyl (C=O) groups is 1. The minimum absolute atomic E-state index is 0.0193. The molecule has 1 N–H and O–H groups in total. The Kier molecular flexibility index (Phi) is 3.53. The summed E-state index contributed by atoms with van der Waals surface area (Å²) < 4.78 is 0. The first-order valence-electron chi connectivity index (χ1n) is 7.02. The minimum Gasteiger partial charge on any atom is -0.391 e.